The maximum Gasteiger partial charge on any atom is 0.0714 e. The predicted octanol–water partition coefficient (Wildman–Crippen LogP) is 1.86. The van der Waals surface area contributed by atoms with Crippen LogP contribution in [0.3, 0.4) is 0 Å². The van der Waals surface area contributed by atoms with E-state index in [1.165, 1.54) is 6.04 Å². The van der Waals surface area contributed by atoms with E-state index in [-0.39, 0.29) is 8.80 Å². The SMILES string of the molecule is C=C[Si](C)CC. The van der Waals surface area contributed by atoms with Crippen LogP contribution < -0.4 is 0 Å². The molecular formula is C5H11Si. The van der Waals surface area contributed by atoms with E-state index in [2.05, 4.69) is 25.7 Å². The normalized spacial score (nSPS) is 9.17. The molecule has 0 saturated carbocycles. The van der Waals surface area contributed by atoms with Gasteiger partial charge in [0.2, 0.25) is 0 Å². The molecule has 1 heteroatoms. The molecule has 0 aliphatic rings. The molecule has 0 aliphatic carbocycles. The standard InChI is InChI=1S/C5H11Si/c1-4-6(3)5-2/h4H,1,5H2,2-3H3. The second-order valence-electron chi connectivity index (χ2n) is 1.40. The lowest BCUT2D eigenvalue weighted by molar-refractivity contribution is 1.43. The molecule has 0 atom stereocenters. The van der Waals surface area contributed by atoms with Gasteiger partial charge in [-0.05, 0) is 0 Å². The van der Waals surface area contributed by atoms with Crippen molar-refractivity contribution in [2.45, 2.75) is 19.5 Å². The molecule has 1 radical (unpaired) electrons. The van der Waals surface area contributed by atoms with E-state index in [1.807, 2.05) is 0 Å². The van der Waals surface area contributed by atoms with E-state index in [1.54, 1.807) is 0 Å². The molecular weight excluding hydrogens is 88.1 g/mol. The zero-order valence-corrected chi connectivity index (χ0v) is 5.49. The van der Waals surface area contributed by atoms with E-state index in [0.717, 1.165) is 0 Å². The minimum absolute atomic E-state index is 0.104. The van der Waals surface area contributed by atoms with E-state index < -0.39 is 0 Å². The Hall–Kier alpha value is -0.0431. The van der Waals surface area contributed by atoms with Crippen LogP contribution in [0.4, 0.5) is 0 Å². The lowest BCUT2D eigenvalue weighted by Crippen LogP contribution is -1.96. The van der Waals surface area contributed by atoms with Crippen LogP contribution in [0.15, 0.2) is 12.3 Å². The molecule has 0 amide bonds. The fourth-order valence-corrected chi connectivity index (χ4v) is 0.433. The van der Waals surface area contributed by atoms with Gasteiger partial charge in [-0.25, -0.2) is 0 Å². The average Bonchev–Trinajstić information content (AvgIpc) is 1.65. The second kappa shape index (κ2) is 3.16. The van der Waals surface area contributed by atoms with Crippen molar-refractivity contribution in [3.63, 3.8) is 0 Å². The molecule has 0 heterocycles. The molecule has 0 spiro atoms. The van der Waals surface area contributed by atoms with Crippen LogP contribution in [0.1, 0.15) is 6.92 Å². The van der Waals surface area contributed by atoms with Crippen LogP contribution in [-0.2, 0) is 0 Å². The molecule has 0 nitrogen and oxygen atoms in total. The van der Waals surface area contributed by atoms with Gasteiger partial charge in [-0.15, -0.1) is 12.3 Å². The van der Waals surface area contributed by atoms with E-state index in [4.69, 9.17) is 0 Å². The molecule has 0 rings (SSSR count). The van der Waals surface area contributed by atoms with Gasteiger partial charge in [0, 0.05) is 0 Å². The summed E-state index contributed by atoms with van der Waals surface area (Å²) in [5, 5.41) is 0. The third-order valence-electron chi connectivity index (χ3n) is 0.906. The summed E-state index contributed by atoms with van der Waals surface area (Å²) in [5.74, 6) is 0. The molecule has 0 aromatic rings. The highest BCUT2D eigenvalue weighted by Gasteiger charge is 1.88. The molecule has 0 unspecified atom stereocenters. The zero-order valence-electron chi connectivity index (χ0n) is 4.49. The molecule has 0 aromatic carbocycles. The van der Waals surface area contributed by atoms with Gasteiger partial charge in [0.05, 0.1) is 8.80 Å². The van der Waals surface area contributed by atoms with Crippen molar-refractivity contribution in [1.29, 1.82) is 0 Å². The van der Waals surface area contributed by atoms with Crippen LogP contribution in [0.25, 0.3) is 0 Å². The molecule has 0 fully saturated rings. The maximum absolute atomic E-state index is 3.68. The average molecular weight is 99.2 g/mol. The molecule has 0 saturated heterocycles. The summed E-state index contributed by atoms with van der Waals surface area (Å²) in [6, 6.07) is 1.31. The summed E-state index contributed by atoms with van der Waals surface area (Å²) in [5.41, 5.74) is 2.07. The van der Waals surface area contributed by atoms with Crippen molar-refractivity contribution >= 4 is 8.80 Å². The highest BCUT2D eigenvalue weighted by Crippen LogP contribution is 1.87. The first kappa shape index (κ1) is 5.96. The molecule has 0 aromatic heterocycles. The summed E-state index contributed by atoms with van der Waals surface area (Å²) in [6.07, 6.45) is 0. The Bertz CT molecular complexity index is 41.2. The Morgan fingerprint density at radius 2 is 2.33 bits per heavy atom. The van der Waals surface area contributed by atoms with Crippen LogP contribution >= 0.6 is 0 Å². The Kier molecular flexibility index (Phi) is 3.14. The van der Waals surface area contributed by atoms with Gasteiger partial charge in [0.1, 0.15) is 0 Å². The van der Waals surface area contributed by atoms with Crippen LogP contribution in [0, 0.1) is 0 Å². The third kappa shape index (κ3) is 2.21. The summed E-state index contributed by atoms with van der Waals surface area (Å²) in [7, 11) is -0.104. The van der Waals surface area contributed by atoms with Crippen molar-refractivity contribution in [2.24, 2.45) is 0 Å². The highest BCUT2D eigenvalue weighted by molar-refractivity contribution is 6.62. The zero-order chi connectivity index (χ0) is 4.99. The summed E-state index contributed by atoms with van der Waals surface area (Å²) in [6.45, 7) is 8.14. The van der Waals surface area contributed by atoms with Crippen molar-refractivity contribution in [3.8, 4) is 0 Å². The fraction of sp³-hybridized carbons (Fsp3) is 0.600. The predicted molar refractivity (Wildman–Crippen MR) is 32.3 cm³/mol. The van der Waals surface area contributed by atoms with Gasteiger partial charge in [-0.3, -0.25) is 0 Å². The second-order valence-corrected chi connectivity index (χ2v) is 4.21. The topological polar surface area (TPSA) is 0 Å². The number of hydrogen-bond acceptors (Lipinski definition) is 0. The van der Waals surface area contributed by atoms with Crippen LogP contribution in [0.2, 0.25) is 12.6 Å². The van der Waals surface area contributed by atoms with Gasteiger partial charge < -0.3 is 0 Å². The highest BCUT2D eigenvalue weighted by atomic mass is 28.3. The Labute approximate surface area is 41.5 Å². The summed E-state index contributed by atoms with van der Waals surface area (Å²) < 4.78 is 0. The first-order chi connectivity index (χ1) is 2.81. The van der Waals surface area contributed by atoms with Gasteiger partial charge in [0.25, 0.3) is 0 Å². The fourth-order valence-electron chi connectivity index (χ4n) is 0.144. The molecule has 0 aliphatic heterocycles. The first-order valence-electron chi connectivity index (χ1n) is 2.26. The van der Waals surface area contributed by atoms with Crippen LogP contribution in [-0.4, -0.2) is 8.80 Å². The minimum atomic E-state index is -0.104. The maximum atomic E-state index is 3.68. The smallest absolute Gasteiger partial charge is 0.0714 e. The monoisotopic (exact) mass is 99.1 g/mol. The summed E-state index contributed by atoms with van der Waals surface area (Å²) in [4.78, 5) is 0. The van der Waals surface area contributed by atoms with E-state index in [0.29, 0.717) is 0 Å². The van der Waals surface area contributed by atoms with Crippen molar-refractivity contribution < 1.29 is 0 Å². The van der Waals surface area contributed by atoms with Crippen molar-refractivity contribution in [2.75, 3.05) is 0 Å². The first-order valence-corrected chi connectivity index (χ1v) is 4.54. The van der Waals surface area contributed by atoms with Crippen molar-refractivity contribution in [1.82, 2.24) is 0 Å². The van der Waals surface area contributed by atoms with Gasteiger partial charge >= 0.3 is 0 Å². The Balaban J connectivity index is 2.96. The van der Waals surface area contributed by atoms with Gasteiger partial charge in [-0.1, -0.05) is 19.5 Å². The number of rotatable bonds is 2. The van der Waals surface area contributed by atoms with E-state index >= 15 is 0 Å². The minimum Gasteiger partial charge on any atom is -0.107 e. The molecule has 0 N–H and O–H groups in total. The van der Waals surface area contributed by atoms with Crippen LogP contribution in [0.5, 0.6) is 0 Å². The quantitative estimate of drug-likeness (QED) is 0.463. The van der Waals surface area contributed by atoms with Gasteiger partial charge in [0.15, 0.2) is 0 Å². The summed E-state index contributed by atoms with van der Waals surface area (Å²) >= 11 is 0. The number of hydrogen-bond donors (Lipinski definition) is 0. The van der Waals surface area contributed by atoms with Crippen molar-refractivity contribution in [3.05, 3.63) is 12.3 Å². The Morgan fingerprint density at radius 1 is 1.83 bits per heavy atom. The lowest BCUT2D eigenvalue weighted by Gasteiger charge is -1.90. The lowest BCUT2D eigenvalue weighted by atomic mass is 11.0. The third-order valence-corrected chi connectivity index (χ3v) is 2.72. The molecule has 0 bridgehead atoms. The van der Waals surface area contributed by atoms with Gasteiger partial charge in [-0.2, -0.15) is 0 Å². The Morgan fingerprint density at radius 3 is 2.33 bits per heavy atom. The molecule has 35 valence electrons. The van der Waals surface area contributed by atoms with E-state index in [9.17, 15) is 0 Å². The largest absolute Gasteiger partial charge is 0.107 e. The molecule has 6 heavy (non-hydrogen) atoms.